The maximum Gasteiger partial charge on any atom is 0.308 e. The Bertz CT molecular complexity index is 767. The molecule has 8 heteroatoms. The standard InChI is InChI=1S/C21H26N2O6/c1-13(19(25)22-14-7-9-15(28-2)10-8-14)29-18(24)11-12-23-20(26)16-5-3-4-6-17(16)21(23)27/h7-10,13,16-17H,3-6,11-12H2,1-2H3,(H,22,25)/t13-,16+,17+/m1/s1. The van der Waals surface area contributed by atoms with Crippen LogP contribution in [0.1, 0.15) is 39.0 Å². The van der Waals surface area contributed by atoms with Gasteiger partial charge in [0, 0.05) is 12.2 Å². The molecule has 1 N–H and O–H groups in total. The number of nitrogens with one attached hydrogen (secondary N) is 1. The van der Waals surface area contributed by atoms with Gasteiger partial charge in [-0.05, 0) is 44.0 Å². The Morgan fingerprint density at radius 1 is 1.10 bits per heavy atom. The molecule has 0 aromatic heterocycles. The van der Waals surface area contributed by atoms with E-state index in [0.717, 1.165) is 25.7 Å². The van der Waals surface area contributed by atoms with Crippen LogP contribution in [-0.4, -0.2) is 48.3 Å². The zero-order chi connectivity index (χ0) is 21.0. The van der Waals surface area contributed by atoms with Crippen LogP contribution in [0.15, 0.2) is 24.3 Å². The summed E-state index contributed by atoms with van der Waals surface area (Å²) in [5, 5.41) is 2.65. The Hall–Kier alpha value is -2.90. The van der Waals surface area contributed by atoms with Crippen molar-refractivity contribution in [3.63, 3.8) is 0 Å². The Morgan fingerprint density at radius 3 is 2.24 bits per heavy atom. The molecule has 1 saturated heterocycles. The van der Waals surface area contributed by atoms with Gasteiger partial charge in [-0.1, -0.05) is 12.8 Å². The number of likely N-dealkylation sites (tertiary alicyclic amines) is 1. The minimum absolute atomic E-state index is 0.00365. The molecule has 0 spiro atoms. The number of imide groups is 1. The van der Waals surface area contributed by atoms with E-state index >= 15 is 0 Å². The summed E-state index contributed by atoms with van der Waals surface area (Å²) < 4.78 is 10.2. The highest BCUT2D eigenvalue weighted by Crippen LogP contribution is 2.37. The van der Waals surface area contributed by atoms with E-state index in [1.807, 2.05) is 0 Å². The molecule has 1 aromatic carbocycles. The number of benzene rings is 1. The van der Waals surface area contributed by atoms with Gasteiger partial charge in [-0.2, -0.15) is 0 Å². The molecule has 1 heterocycles. The average Bonchev–Trinajstić information content (AvgIpc) is 2.97. The van der Waals surface area contributed by atoms with Gasteiger partial charge in [0.25, 0.3) is 5.91 Å². The first kappa shape index (κ1) is 20.8. The molecule has 1 aliphatic heterocycles. The van der Waals surface area contributed by atoms with Crippen LogP contribution in [0.3, 0.4) is 0 Å². The summed E-state index contributed by atoms with van der Waals surface area (Å²) in [6.07, 6.45) is 2.25. The highest BCUT2D eigenvalue weighted by atomic mass is 16.5. The molecule has 0 unspecified atom stereocenters. The largest absolute Gasteiger partial charge is 0.497 e. The minimum atomic E-state index is -1.00. The second-order valence-corrected chi connectivity index (χ2v) is 7.43. The van der Waals surface area contributed by atoms with Crippen molar-refractivity contribution in [2.24, 2.45) is 11.8 Å². The molecule has 29 heavy (non-hydrogen) atoms. The van der Waals surface area contributed by atoms with E-state index in [-0.39, 0.29) is 36.6 Å². The van der Waals surface area contributed by atoms with E-state index in [1.165, 1.54) is 11.8 Å². The van der Waals surface area contributed by atoms with Crippen molar-refractivity contribution in [2.75, 3.05) is 19.0 Å². The minimum Gasteiger partial charge on any atom is -0.497 e. The number of esters is 1. The lowest BCUT2D eigenvalue weighted by atomic mass is 9.81. The van der Waals surface area contributed by atoms with Gasteiger partial charge in [-0.15, -0.1) is 0 Å². The maximum atomic E-state index is 12.4. The molecular formula is C21H26N2O6. The SMILES string of the molecule is COc1ccc(NC(=O)[C@@H](C)OC(=O)CCN2C(=O)[C@H]3CCCC[C@@H]3C2=O)cc1. The Kier molecular flexibility index (Phi) is 6.51. The topological polar surface area (TPSA) is 102 Å². The molecule has 0 radical (unpaired) electrons. The summed E-state index contributed by atoms with van der Waals surface area (Å²) in [6.45, 7) is 1.47. The summed E-state index contributed by atoms with van der Waals surface area (Å²) in [6, 6.07) is 6.76. The van der Waals surface area contributed by atoms with Crippen LogP contribution in [0, 0.1) is 11.8 Å². The molecule has 8 nitrogen and oxygen atoms in total. The van der Waals surface area contributed by atoms with Crippen molar-refractivity contribution in [1.29, 1.82) is 0 Å². The zero-order valence-electron chi connectivity index (χ0n) is 16.7. The number of anilines is 1. The first-order chi connectivity index (χ1) is 13.9. The summed E-state index contributed by atoms with van der Waals surface area (Å²) in [4.78, 5) is 50.3. The highest BCUT2D eigenvalue weighted by molar-refractivity contribution is 6.05. The van der Waals surface area contributed by atoms with Gasteiger partial charge in [-0.25, -0.2) is 0 Å². The monoisotopic (exact) mass is 402 g/mol. The smallest absolute Gasteiger partial charge is 0.308 e. The fourth-order valence-electron chi connectivity index (χ4n) is 3.88. The van der Waals surface area contributed by atoms with Crippen LogP contribution in [0.25, 0.3) is 0 Å². The van der Waals surface area contributed by atoms with Gasteiger partial charge in [0.1, 0.15) is 5.75 Å². The molecule has 0 bridgehead atoms. The van der Waals surface area contributed by atoms with Crippen LogP contribution in [0.5, 0.6) is 5.75 Å². The van der Waals surface area contributed by atoms with Gasteiger partial charge < -0.3 is 14.8 Å². The molecular weight excluding hydrogens is 376 g/mol. The zero-order valence-corrected chi connectivity index (χ0v) is 16.7. The van der Waals surface area contributed by atoms with Crippen LogP contribution in [0.4, 0.5) is 5.69 Å². The van der Waals surface area contributed by atoms with Crippen LogP contribution < -0.4 is 10.1 Å². The molecule has 2 fully saturated rings. The first-order valence-electron chi connectivity index (χ1n) is 9.90. The third kappa shape index (κ3) is 4.75. The van der Waals surface area contributed by atoms with Crippen LogP contribution in [0.2, 0.25) is 0 Å². The molecule has 3 atom stereocenters. The van der Waals surface area contributed by atoms with Crippen molar-refractivity contribution >= 4 is 29.4 Å². The lowest BCUT2D eigenvalue weighted by Crippen LogP contribution is -2.35. The average molecular weight is 402 g/mol. The summed E-state index contributed by atoms with van der Waals surface area (Å²) in [5.74, 6) is -1.27. The fraction of sp³-hybridized carbons (Fsp3) is 0.524. The van der Waals surface area contributed by atoms with Gasteiger partial charge in [0.05, 0.1) is 25.4 Å². The summed E-state index contributed by atoms with van der Waals surface area (Å²) in [7, 11) is 1.55. The number of carbonyl (C=O) groups excluding carboxylic acids is 4. The number of hydrogen-bond acceptors (Lipinski definition) is 6. The van der Waals surface area contributed by atoms with Gasteiger partial charge in [0.15, 0.2) is 6.10 Å². The van der Waals surface area contributed by atoms with Crippen molar-refractivity contribution in [3.05, 3.63) is 24.3 Å². The molecule has 1 saturated carbocycles. The van der Waals surface area contributed by atoms with Gasteiger partial charge in [0.2, 0.25) is 11.8 Å². The second kappa shape index (κ2) is 9.07. The Balaban J connectivity index is 1.46. The van der Waals surface area contributed by atoms with E-state index < -0.39 is 18.0 Å². The number of nitrogens with zero attached hydrogens (tertiary/aromatic N) is 1. The normalized spacial score (nSPS) is 22.1. The number of fused-ring (bicyclic) bond motifs is 1. The lowest BCUT2D eigenvalue weighted by molar-refractivity contribution is -0.154. The highest BCUT2D eigenvalue weighted by Gasteiger charge is 2.47. The van der Waals surface area contributed by atoms with Crippen molar-refractivity contribution in [2.45, 2.75) is 45.1 Å². The number of hydrogen-bond donors (Lipinski definition) is 1. The van der Waals surface area contributed by atoms with E-state index in [4.69, 9.17) is 9.47 Å². The van der Waals surface area contributed by atoms with E-state index in [9.17, 15) is 19.2 Å². The number of methoxy groups -OCH3 is 1. The quantitative estimate of drug-likeness (QED) is 0.554. The van der Waals surface area contributed by atoms with Gasteiger partial charge in [-0.3, -0.25) is 24.1 Å². The molecule has 156 valence electrons. The maximum absolute atomic E-state index is 12.4. The van der Waals surface area contributed by atoms with E-state index in [1.54, 1.807) is 31.4 Å². The molecule has 2 aliphatic rings. The van der Waals surface area contributed by atoms with Crippen molar-refractivity contribution in [3.8, 4) is 5.75 Å². The Labute approximate surface area is 169 Å². The molecule has 1 aliphatic carbocycles. The number of ether oxygens (including phenoxy) is 2. The van der Waals surface area contributed by atoms with Crippen molar-refractivity contribution < 1.29 is 28.7 Å². The number of rotatable bonds is 7. The number of carbonyl (C=O) groups is 4. The second-order valence-electron chi connectivity index (χ2n) is 7.43. The predicted molar refractivity (Wildman–Crippen MR) is 104 cm³/mol. The Morgan fingerprint density at radius 2 is 1.69 bits per heavy atom. The van der Waals surface area contributed by atoms with Crippen molar-refractivity contribution in [1.82, 2.24) is 4.90 Å². The lowest BCUT2D eigenvalue weighted by Gasteiger charge is -2.19. The third-order valence-corrected chi connectivity index (χ3v) is 5.51. The van der Waals surface area contributed by atoms with Crippen LogP contribution in [-0.2, 0) is 23.9 Å². The third-order valence-electron chi connectivity index (χ3n) is 5.51. The first-order valence-corrected chi connectivity index (χ1v) is 9.90. The summed E-state index contributed by atoms with van der Waals surface area (Å²) >= 11 is 0. The van der Waals surface area contributed by atoms with E-state index in [0.29, 0.717) is 11.4 Å². The van der Waals surface area contributed by atoms with Crippen LogP contribution >= 0.6 is 0 Å². The number of amides is 3. The fourth-order valence-corrected chi connectivity index (χ4v) is 3.88. The predicted octanol–water partition coefficient (Wildman–Crippen LogP) is 2.13. The van der Waals surface area contributed by atoms with E-state index in [2.05, 4.69) is 5.32 Å². The summed E-state index contributed by atoms with van der Waals surface area (Å²) in [5.41, 5.74) is 0.551. The van der Waals surface area contributed by atoms with Gasteiger partial charge >= 0.3 is 5.97 Å². The molecule has 1 aromatic rings. The molecule has 3 amide bonds. The molecule has 3 rings (SSSR count).